The summed E-state index contributed by atoms with van der Waals surface area (Å²) >= 11 is 0. The van der Waals surface area contributed by atoms with Crippen molar-refractivity contribution in [2.45, 2.75) is 6.92 Å². The van der Waals surface area contributed by atoms with Crippen LogP contribution in [0.15, 0.2) is 0 Å². The van der Waals surface area contributed by atoms with Crippen LogP contribution in [0.4, 0.5) is 0 Å². The number of rotatable bonds is 1. The minimum Gasteiger partial charge on any atom is -0.279 e. The molecule has 0 aliphatic rings. The van der Waals surface area contributed by atoms with Crippen molar-refractivity contribution in [3.8, 4) is 0 Å². The summed E-state index contributed by atoms with van der Waals surface area (Å²) in [6.45, 7) is 1.53. The van der Waals surface area contributed by atoms with E-state index in [9.17, 15) is 4.79 Å². The fourth-order valence-electron chi connectivity index (χ4n) is 0.282. The molecule has 0 aliphatic carbocycles. The van der Waals surface area contributed by atoms with Gasteiger partial charge in [-0.1, -0.05) is 0 Å². The van der Waals surface area contributed by atoms with Gasteiger partial charge in [0.25, 0.3) is 0 Å². The maximum Gasteiger partial charge on any atom is 0.233 e. The molecule has 0 fully saturated rings. The Kier molecular flexibility index (Phi) is 2.48. The van der Waals surface area contributed by atoms with Crippen molar-refractivity contribution in [2.75, 3.05) is 21.1 Å². The van der Waals surface area contributed by atoms with Gasteiger partial charge in [0.05, 0.1) is 0 Å². The van der Waals surface area contributed by atoms with Gasteiger partial charge in [-0.2, -0.15) is 0 Å². The van der Waals surface area contributed by atoms with Crippen molar-refractivity contribution < 1.29 is 4.79 Å². The summed E-state index contributed by atoms with van der Waals surface area (Å²) < 4.78 is 0. The summed E-state index contributed by atoms with van der Waals surface area (Å²) in [7, 11) is 5.37. The first-order valence-corrected chi connectivity index (χ1v) is 2.47. The highest BCUT2D eigenvalue weighted by Gasteiger charge is 2.00. The maximum absolute atomic E-state index is 10.5. The largest absolute Gasteiger partial charge is 0.279 e. The molecular formula is C5H12N2O. The van der Waals surface area contributed by atoms with E-state index in [0.29, 0.717) is 0 Å². The van der Waals surface area contributed by atoms with Crippen molar-refractivity contribution in [3.05, 3.63) is 0 Å². The van der Waals surface area contributed by atoms with E-state index in [1.807, 2.05) is 14.1 Å². The standard InChI is InChI=1S/C5H12N2O/c1-5(8)7(4)6(2)3/h1-4H3. The Hall–Kier alpha value is -0.570. The summed E-state index contributed by atoms with van der Waals surface area (Å²) in [5.41, 5.74) is 0. The first-order valence-electron chi connectivity index (χ1n) is 2.47. The van der Waals surface area contributed by atoms with E-state index in [1.165, 1.54) is 11.9 Å². The molecule has 0 saturated carbocycles. The number of hydrogen-bond donors (Lipinski definition) is 0. The van der Waals surface area contributed by atoms with Crippen LogP contribution in [0.3, 0.4) is 0 Å². The third-order valence-electron chi connectivity index (χ3n) is 1.06. The molecule has 8 heavy (non-hydrogen) atoms. The minimum atomic E-state index is 0.0509. The van der Waals surface area contributed by atoms with Crippen LogP contribution in [0.5, 0.6) is 0 Å². The molecule has 3 heteroatoms. The lowest BCUT2D eigenvalue weighted by Crippen LogP contribution is -2.36. The fourth-order valence-corrected chi connectivity index (χ4v) is 0.282. The highest BCUT2D eigenvalue weighted by atomic mass is 16.2. The number of nitrogens with zero attached hydrogens (tertiary/aromatic N) is 2. The predicted molar refractivity (Wildman–Crippen MR) is 32.1 cm³/mol. The van der Waals surface area contributed by atoms with Gasteiger partial charge in [0.1, 0.15) is 0 Å². The van der Waals surface area contributed by atoms with Crippen molar-refractivity contribution in [1.29, 1.82) is 0 Å². The van der Waals surface area contributed by atoms with E-state index < -0.39 is 0 Å². The maximum atomic E-state index is 10.5. The van der Waals surface area contributed by atoms with Gasteiger partial charge in [-0.25, -0.2) is 5.01 Å². The number of carbonyl (C=O) groups excluding carboxylic acids is 1. The highest BCUT2D eigenvalue weighted by Crippen LogP contribution is 1.83. The Bertz CT molecular complexity index is 90.4. The molecule has 0 aromatic heterocycles. The lowest BCUT2D eigenvalue weighted by atomic mass is 10.7. The molecule has 0 bridgehead atoms. The Morgan fingerprint density at radius 1 is 1.25 bits per heavy atom. The van der Waals surface area contributed by atoms with E-state index in [1.54, 1.807) is 12.1 Å². The van der Waals surface area contributed by atoms with Crippen LogP contribution in [-0.4, -0.2) is 37.1 Å². The summed E-state index contributed by atoms with van der Waals surface area (Å²) in [6, 6.07) is 0. The lowest BCUT2D eigenvalue weighted by Gasteiger charge is -2.21. The molecule has 0 aromatic rings. The zero-order chi connectivity index (χ0) is 6.73. The number of hydrazine groups is 1. The Morgan fingerprint density at radius 2 is 1.62 bits per heavy atom. The zero-order valence-electron chi connectivity index (χ0n) is 5.80. The van der Waals surface area contributed by atoms with Crippen LogP contribution in [0.25, 0.3) is 0 Å². The molecule has 48 valence electrons. The molecular weight excluding hydrogens is 104 g/mol. The molecule has 0 rings (SSSR count). The van der Waals surface area contributed by atoms with E-state index in [2.05, 4.69) is 0 Å². The van der Waals surface area contributed by atoms with Crippen molar-refractivity contribution in [2.24, 2.45) is 0 Å². The second-order valence-corrected chi connectivity index (χ2v) is 1.89. The molecule has 3 nitrogen and oxygen atoms in total. The van der Waals surface area contributed by atoms with Gasteiger partial charge < -0.3 is 0 Å². The van der Waals surface area contributed by atoms with Crippen LogP contribution in [0.1, 0.15) is 6.92 Å². The number of amides is 1. The van der Waals surface area contributed by atoms with Crippen LogP contribution >= 0.6 is 0 Å². The minimum absolute atomic E-state index is 0.0509. The van der Waals surface area contributed by atoms with Gasteiger partial charge in [0.2, 0.25) is 5.91 Å². The zero-order valence-corrected chi connectivity index (χ0v) is 5.80. The van der Waals surface area contributed by atoms with Gasteiger partial charge >= 0.3 is 0 Å². The third kappa shape index (κ3) is 1.93. The van der Waals surface area contributed by atoms with E-state index in [4.69, 9.17) is 0 Å². The summed E-state index contributed by atoms with van der Waals surface area (Å²) in [5, 5.41) is 3.25. The Balaban J connectivity index is 3.64. The van der Waals surface area contributed by atoms with E-state index in [-0.39, 0.29) is 5.91 Å². The molecule has 0 N–H and O–H groups in total. The normalized spacial score (nSPS) is 9.62. The van der Waals surface area contributed by atoms with Gasteiger partial charge in [-0.3, -0.25) is 9.80 Å². The molecule has 0 aliphatic heterocycles. The highest BCUT2D eigenvalue weighted by molar-refractivity contribution is 5.72. The molecule has 0 spiro atoms. The summed E-state index contributed by atoms with van der Waals surface area (Å²) in [5.74, 6) is 0.0509. The third-order valence-corrected chi connectivity index (χ3v) is 1.06. The first-order chi connectivity index (χ1) is 3.55. The second kappa shape index (κ2) is 2.67. The molecule has 1 amide bonds. The van der Waals surface area contributed by atoms with Crippen molar-refractivity contribution >= 4 is 5.91 Å². The second-order valence-electron chi connectivity index (χ2n) is 1.89. The van der Waals surface area contributed by atoms with Crippen molar-refractivity contribution in [3.63, 3.8) is 0 Å². The number of hydrogen-bond acceptors (Lipinski definition) is 2. The first kappa shape index (κ1) is 7.43. The topological polar surface area (TPSA) is 23.6 Å². The van der Waals surface area contributed by atoms with Crippen LogP contribution in [0.2, 0.25) is 0 Å². The molecule has 0 atom stereocenters. The Labute approximate surface area is 49.9 Å². The average molecular weight is 116 g/mol. The van der Waals surface area contributed by atoms with E-state index >= 15 is 0 Å². The molecule has 0 aromatic carbocycles. The molecule has 0 saturated heterocycles. The molecule has 0 heterocycles. The summed E-state index contributed by atoms with van der Waals surface area (Å²) in [6.07, 6.45) is 0. The van der Waals surface area contributed by atoms with Crippen LogP contribution < -0.4 is 0 Å². The summed E-state index contributed by atoms with van der Waals surface area (Å²) in [4.78, 5) is 10.5. The molecule has 0 radical (unpaired) electrons. The average Bonchev–Trinajstić information content (AvgIpc) is 1.64. The fraction of sp³-hybridized carbons (Fsp3) is 0.800. The van der Waals surface area contributed by atoms with Gasteiger partial charge in [0, 0.05) is 28.1 Å². The van der Waals surface area contributed by atoms with Gasteiger partial charge in [-0.15, -0.1) is 0 Å². The number of carbonyl (C=O) groups is 1. The van der Waals surface area contributed by atoms with Gasteiger partial charge in [0.15, 0.2) is 0 Å². The molecule has 0 unspecified atom stereocenters. The van der Waals surface area contributed by atoms with Gasteiger partial charge in [-0.05, 0) is 0 Å². The lowest BCUT2D eigenvalue weighted by molar-refractivity contribution is -0.139. The monoisotopic (exact) mass is 116 g/mol. The van der Waals surface area contributed by atoms with Crippen LogP contribution in [-0.2, 0) is 4.79 Å². The quantitative estimate of drug-likeness (QED) is 0.448. The van der Waals surface area contributed by atoms with Crippen LogP contribution in [0, 0.1) is 0 Å². The SMILES string of the molecule is CC(=O)N(C)N(C)C. The van der Waals surface area contributed by atoms with Crippen molar-refractivity contribution in [1.82, 2.24) is 10.0 Å². The smallest absolute Gasteiger partial charge is 0.233 e. The Morgan fingerprint density at radius 3 is 1.62 bits per heavy atom. The predicted octanol–water partition coefficient (Wildman–Crippen LogP) is -0.0587. The van der Waals surface area contributed by atoms with E-state index in [0.717, 1.165) is 0 Å².